The second kappa shape index (κ2) is 7.30. The van der Waals surface area contributed by atoms with E-state index in [0.29, 0.717) is 18.7 Å². The SMILES string of the molecule is C=CC(=O)N1CCC(Oc2ccc(-c3ccccc3F)cc2)CC1. The van der Waals surface area contributed by atoms with Crippen molar-refractivity contribution in [1.82, 2.24) is 4.90 Å². The van der Waals surface area contributed by atoms with Crippen molar-refractivity contribution >= 4 is 5.91 Å². The molecule has 3 rings (SSSR count). The van der Waals surface area contributed by atoms with Gasteiger partial charge in [-0.25, -0.2) is 4.39 Å². The first-order valence-corrected chi connectivity index (χ1v) is 8.10. The van der Waals surface area contributed by atoms with Gasteiger partial charge in [-0.05, 0) is 29.8 Å². The van der Waals surface area contributed by atoms with Gasteiger partial charge in [0.05, 0.1) is 0 Å². The first-order valence-electron chi connectivity index (χ1n) is 8.10. The zero-order chi connectivity index (χ0) is 16.9. The maximum Gasteiger partial charge on any atom is 0.245 e. The summed E-state index contributed by atoms with van der Waals surface area (Å²) < 4.78 is 19.8. The highest BCUT2D eigenvalue weighted by molar-refractivity contribution is 5.87. The Hall–Kier alpha value is -2.62. The van der Waals surface area contributed by atoms with Crippen LogP contribution in [0.3, 0.4) is 0 Å². The number of likely N-dealkylation sites (tertiary alicyclic amines) is 1. The van der Waals surface area contributed by atoms with E-state index >= 15 is 0 Å². The molecule has 0 spiro atoms. The van der Waals surface area contributed by atoms with Crippen LogP contribution in [0, 0.1) is 5.82 Å². The Morgan fingerprint density at radius 2 is 1.79 bits per heavy atom. The van der Waals surface area contributed by atoms with Gasteiger partial charge in [0.2, 0.25) is 5.91 Å². The van der Waals surface area contributed by atoms with E-state index in [4.69, 9.17) is 4.74 Å². The molecule has 1 heterocycles. The molecule has 0 saturated carbocycles. The number of rotatable bonds is 4. The summed E-state index contributed by atoms with van der Waals surface area (Å²) in [7, 11) is 0. The zero-order valence-corrected chi connectivity index (χ0v) is 13.5. The van der Waals surface area contributed by atoms with Crippen molar-refractivity contribution in [3.8, 4) is 16.9 Å². The van der Waals surface area contributed by atoms with Gasteiger partial charge in [0, 0.05) is 31.5 Å². The lowest BCUT2D eigenvalue weighted by atomic mass is 10.0. The summed E-state index contributed by atoms with van der Waals surface area (Å²) in [6, 6.07) is 14.2. The molecule has 1 amide bonds. The number of nitrogens with zero attached hydrogens (tertiary/aromatic N) is 1. The summed E-state index contributed by atoms with van der Waals surface area (Å²) >= 11 is 0. The second-order valence-electron chi connectivity index (χ2n) is 5.85. The van der Waals surface area contributed by atoms with Crippen LogP contribution in [0.1, 0.15) is 12.8 Å². The Morgan fingerprint density at radius 1 is 1.12 bits per heavy atom. The minimum absolute atomic E-state index is 0.0253. The molecule has 124 valence electrons. The first kappa shape index (κ1) is 16.2. The second-order valence-corrected chi connectivity index (χ2v) is 5.85. The summed E-state index contributed by atoms with van der Waals surface area (Å²) in [4.78, 5) is 13.4. The summed E-state index contributed by atoms with van der Waals surface area (Å²) in [5.74, 6) is 0.511. The van der Waals surface area contributed by atoms with Crippen LogP contribution in [-0.4, -0.2) is 30.0 Å². The molecule has 0 radical (unpaired) electrons. The number of halogens is 1. The largest absolute Gasteiger partial charge is 0.490 e. The molecule has 1 fully saturated rings. The quantitative estimate of drug-likeness (QED) is 0.794. The fourth-order valence-electron chi connectivity index (χ4n) is 2.92. The van der Waals surface area contributed by atoms with E-state index in [1.807, 2.05) is 30.3 Å². The third-order valence-electron chi connectivity index (χ3n) is 4.27. The predicted octanol–water partition coefficient (Wildman–Crippen LogP) is 4.05. The minimum Gasteiger partial charge on any atom is -0.490 e. The van der Waals surface area contributed by atoms with Crippen LogP contribution in [-0.2, 0) is 4.79 Å². The van der Waals surface area contributed by atoms with Gasteiger partial charge in [-0.1, -0.05) is 36.9 Å². The van der Waals surface area contributed by atoms with E-state index < -0.39 is 0 Å². The van der Waals surface area contributed by atoms with Gasteiger partial charge in [0.25, 0.3) is 0 Å². The molecule has 1 aliphatic heterocycles. The van der Waals surface area contributed by atoms with Crippen LogP contribution in [0.2, 0.25) is 0 Å². The lowest BCUT2D eigenvalue weighted by Crippen LogP contribution is -2.41. The van der Waals surface area contributed by atoms with E-state index in [-0.39, 0.29) is 17.8 Å². The summed E-state index contributed by atoms with van der Waals surface area (Å²) in [5, 5.41) is 0. The average molecular weight is 325 g/mol. The van der Waals surface area contributed by atoms with Crippen molar-refractivity contribution in [3.63, 3.8) is 0 Å². The molecule has 0 atom stereocenters. The molecule has 0 unspecified atom stereocenters. The number of piperidine rings is 1. The zero-order valence-electron chi connectivity index (χ0n) is 13.5. The van der Waals surface area contributed by atoms with Gasteiger partial charge >= 0.3 is 0 Å². The molecule has 2 aromatic carbocycles. The van der Waals surface area contributed by atoms with Gasteiger partial charge in [-0.15, -0.1) is 0 Å². The van der Waals surface area contributed by atoms with Gasteiger partial charge in [0.15, 0.2) is 0 Å². The monoisotopic (exact) mass is 325 g/mol. The van der Waals surface area contributed by atoms with E-state index in [1.165, 1.54) is 12.1 Å². The van der Waals surface area contributed by atoms with Gasteiger partial charge in [-0.2, -0.15) is 0 Å². The number of hydrogen-bond acceptors (Lipinski definition) is 2. The van der Waals surface area contributed by atoms with Crippen molar-refractivity contribution in [2.45, 2.75) is 18.9 Å². The van der Waals surface area contributed by atoms with Crippen molar-refractivity contribution in [1.29, 1.82) is 0 Å². The Labute approximate surface area is 141 Å². The molecule has 0 aliphatic carbocycles. The van der Waals surface area contributed by atoms with Crippen LogP contribution in [0.15, 0.2) is 61.2 Å². The number of carbonyl (C=O) groups is 1. The van der Waals surface area contributed by atoms with Gasteiger partial charge < -0.3 is 9.64 Å². The Morgan fingerprint density at radius 3 is 2.42 bits per heavy atom. The fraction of sp³-hybridized carbons (Fsp3) is 0.250. The number of carbonyl (C=O) groups excluding carboxylic acids is 1. The number of benzene rings is 2. The van der Waals surface area contributed by atoms with Crippen LogP contribution in [0.4, 0.5) is 4.39 Å². The first-order chi connectivity index (χ1) is 11.7. The minimum atomic E-state index is -0.231. The third-order valence-corrected chi connectivity index (χ3v) is 4.27. The predicted molar refractivity (Wildman–Crippen MR) is 92.3 cm³/mol. The van der Waals surface area contributed by atoms with E-state index in [0.717, 1.165) is 24.2 Å². The molecule has 3 nitrogen and oxygen atoms in total. The van der Waals surface area contributed by atoms with Crippen LogP contribution >= 0.6 is 0 Å². The third kappa shape index (κ3) is 3.65. The molecule has 0 bridgehead atoms. The summed E-state index contributed by atoms with van der Waals surface area (Å²) in [6.45, 7) is 4.88. The molecule has 0 N–H and O–H groups in total. The van der Waals surface area contributed by atoms with Crippen LogP contribution < -0.4 is 4.74 Å². The lowest BCUT2D eigenvalue weighted by molar-refractivity contribution is -0.127. The maximum absolute atomic E-state index is 13.8. The number of amides is 1. The molecule has 0 aromatic heterocycles. The molecule has 2 aromatic rings. The molecule has 1 saturated heterocycles. The average Bonchev–Trinajstić information content (AvgIpc) is 2.63. The highest BCUT2D eigenvalue weighted by Crippen LogP contribution is 2.26. The standard InChI is InChI=1S/C20H20FNO2/c1-2-20(23)22-13-11-17(12-14-22)24-16-9-7-15(8-10-16)18-5-3-4-6-19(18)21/h2-10,17H,1,11-14H2. The van der Waals surface area contributed by atoms with Gasteiger partial charge in [0.1, 0.15) is 17.7 Å². The maximum atomic E-state index is 13.8. The van der Waals surface area contributed by atoms with E-state index in [1.54, 1.807) is 17.0 Å². The smallest absolute Gasteiger partial charge is 0.245 e. The molecule has 24 heavy (non-hydrogen) atoms. The molecular weight excluding hydrogens is 305 g/mol. The molecule has 4 heteroatoms. The Bertz CT molecular complexity index is 719. The molecular formula is C20H20FNO2. The van der Waals surface area contributed by atoms with Crippen LogP contribution in [0.5, 0.6) is 5.75 Å². The van der Waals surface area contributed by atoms with E-state index in [2.05, 4.69) is 6.58 Å². The van der Waals surface area contributed by atoms with Crippen molar-refractivity contribution < 1.29 is 13.9 Å². The summed E-state index contributed by atoms with van der Waals surface area (Å²) in [5.41, 5.74) is 1.41. The molecule has 1 aliphatic rings. The topological polar surface area (TPSA) is 29.5 Å². The van der Waals surface area contributed by atoms with Gasteiger partial charge in [-0.3, -0.25) is 4.79 Å². The van der Waals surface area contributed by atoms with E-state index in [9.17, 15) is 9.18 Å². The Kier molecular flexibility index (Phi) is 4.94. The van der Waals surface area contributed by atoms with Crippen molar-refractivity contribution in [2.75, 3.05) is 13.1 Å². The number of hydrogen-bond donors (Lipinski definition) is 0. The highest BCUT2D eigenvalue weighted by Gasteiger charge is 2.22. The Balaban J connectivity index is 1.60. The lowest BCUT2D eigenvalue weighted by Gasteiger charge is -2.31. The highest BCUT2D eigenvalue weighted by atomic mass is 19.1. The van der Waals surface area contributed by atoms with Crippen molar-refractivity contribution in [3.05, 3.63) is 67.0 Å². The fourth-order valence-corrected chi connectivity index (χ4v) is 2.92. The summed E-state index contributed by atoms with van der Waals surface area (Å²) in [6.07, 6.45) is 3.05. The van der Waals surface area contributed by atoms with Crippen LogP contribution in [0.25, 0.3) is 11.1 Å². The van der Waals surface area contributed by atoms with Crippen molar-refractivity contribution in [2.24, 2.45) is 0 Å². The normalized spacial score (nSPS) is 15.1. The number of ether oxygens (including phenoxy) is 1.